The van der Waals surface area contributed by atoms with Gasteiger partial charge in [-0.15, -0.1) is 5.10 Å². The fraction of sp³-hybridized carbons (Fsp3) is 0.250. The molecule has 3 aromatic rings. The first kappa shape index (κ1) is 14.6. The molecule has 2 N–H and O–H groups in total. The predicted octanol–water partition coefficient (Wildman–Crippen LogP) is 1.01. The van der Waals surface area contributed by atoms with E-state index in [0.717, 1.165) is 47.8 Å². The maximum atomic E-state index is 11.0. The molecule has 0 saturated heterocycles. The van der Waals surface area contributed by atoms with Crippen molar-refractivity contribution in [1.29, 1.82) is 0 Å². The lowest BCUT2D eigenvalue weighted by Gasteiger charge is -2.15. The van der Waals surface area contributed by atoms with Crippen molar-refractivity contribution < 1.29 is 9.90 Å². The highest BCUT2D eigenvalue weighted by Gasteiger charge is 2.23. The van der Waals surface area contributed by atoms with Gasteiger partial charge >= 0.3 is 5.97 Å². The average molecular weight is 324 g/mol. The molecular formula is C16H16N6O2. The van der Waals surface area contributed by atoms with Gasteiger partial charge in [0.05, 0.1) is 23.1 Å². The van der Waals surface area contributed by atoms with Gasteiger partial charge in [0.25, 0.3) is 0 Å². The van der Waals surface area contributed by atoms with Crippen LogP contribution in [0.25, 0.3) is 17.1 Å². The Hall–Kier alpha value is -3.00. The summed E-state index contributed by atoms with van der Waals surface area (Å²) in [5.41, 5.74) is 4.89. The lowest BCUT2D eigenvalue weighted by Crippen LogP contribution is -2.24. The standard InChI is InChI=1S/C16H16N6O2/c1-21-9-13(18-20-21)15-12-8-17-7-6-14(12)22(19-15)11-4-2-10(3-5-11)16(23)24/h2-5,9,17H,6-8H2,1H3,(H,23,24). The highest BCUT2D eigenvalue weighted by Crippen LogP contribution is 2.28. The quantitative estimate of drug-likeness (QED) is 0.746. The average Bonchev–Trinajstić information content (AvgIpc) is 3.18. The number of rotatable bonds is 3. The smallest absolute Gasteiger partial charge is 0.335 e. The zero-order valence-electron chi connectivity index (χ0n) is 13.1. The first-order chi connectivity index (χ1) is 11.6. The molecule has 8 heteroatoms. The summed E-state index contributed by atoms with van der Waals surface area (Å²) >= 11 is 0. The second-order valence-corrected chi connectivity index (χ2v) is 5.74. The summed E-state index contributed by atoms with van der Waals surface area (Å²) in [5.74, 6) is -0.937. The normalized spacial score (nSPS) is 13.7. The molecule has 8 nitrogen and oxygen atoms in total. The number of hydrogen-bond donors (Lipinski definition) is 2. The van der Waals surface area contributed by atoms with E-state index in [1.54, 1.807) is 28.9 Å². The predicted molar refractivity (Wildman–Crippen MR) is 85.9 cm³/mol. The minimum Gasteiger partial charge on any atom is -0.478 e. The molecule has 0 atom stereocenters. The fourth-order valence-electron chi connectivity index (χ4n) is 2.97. The lowest BCUT2D eigenvalue weighted by molar-refractivity contribution is 0.0697. The number of carboxylic acid groups (broad SMARTS) is 1. The van der Waals surface area contributed by atoms with E-state index in [1.165, 1.54) is 0 Å². The second-order valence-electron chi connectivity index (χ2n) is 5.74. The first-order valence-corrected chi connectivity index (χ1v) is 7.65. The number of fused-ring (bicyclic) bond motifs is 1. The maximum absolute atomic E-state index is 11.0. The van der Waals surface area contributed by atoms with Crippen LogP contribution in [-0.2, 0) is 20.0 Å². The number of carboxylic acids is 1. The molecule has 3 heterocycles. The van der Waals surface area contributed by atoms with Gasteiger partial charge in [0.1, 0.15) is 11.4 Å². The van der Waals surface area contributed by atoms with Gasteiger partial charge in [-0.05, 0) is 24.3 Å². The van der Waals surface area contributed by atoms with Gasteiger partial charge < -0.3 is 10.4 Å². The molecule has 0 bridgehead atoms. The molecule has 4 rings (SSSR count). The summed E-state index contributed by atoms with van der Waals surface area (Å²) in [4.78, 5) is 11.0. The minimum atomic E-state index is -0.937. The van der Waals surface area contributed by atoms with Crippen LogP contribution in [0.4, 0.5) is 0 Å². The van der Waals surface area contributed by atoms with Crippen molar-refractivity contribution in [2.24, 2.45) is 7.05 Å². The number of nitrogens with zero attached hydrogens (tertiary/aromatic N) is 5. The molecule has 2 aromatic heterocycles. The van der Waals surface area contributed by atoms with Crippen molar-refractivity contribution in [3.05, 3.63) is 47.3 Å². The van der Waals surface area contributed by atoms with Gasteiger partial charge in [0.2, 0.25) is 0 Å². The summed E-state index contributed by atoms with van der Waals surface area (Å²) in [6.07, 6.45) is 2.69. The van der Waals surface area contributed by atoms with Crippen LogP contribution in [-0.4, -0.2) is 42.4 Å². The van der Waals surface area contributed by atoms with E-state index in [-0.39, 0.29) is 5.56 Å². The number of benzene rings is 1. The molecule has 0 aliphatic carbocycles. The molecule has 0 amide bonds. The topological polar surface area (TPSA) is 97.9 Å². The van der Waals surface area contributed by atoms with E-state index in [1.807, 2.05) is 17.9 Å². The van der Waals surface area contributed by atoms with E-state index < -0.39 is 5.97 Å². The summed E-state index contributed by atoms with van der Waals surface area (Å²) in [5, 5.41) is 25.3. The Morgan fingerprint density at radius 3 is 2.75 bits per heavy atom. The van der Waals surface area contributed by atoms with Crippen LogP contribution >= 0.6 is 0 Å². The van der Waals surface area contributed by atoms with E-state index in [0.29, 0.717) is 0 Å². The van der Waals surface area contributed by atoms with Crippen LogP contribution in [0.1, 0.15) is 21.6 Å². The zero-order valence-corrected chi connectivity index (χ0v) is 13.1. The summed E-state index contributed by atoms with van der Waals surface area (Å²) in [7, 11) is 1.82. The zero-order chi connectivity index (χ0) is 16.7. The van der Waals surface area contributed by atoms with Crippen LogP contribution < -0.4 is 5.32 Å². The number of aryl methyl sites for hydroxylation is 1. The van der Waals surface area contributed by atoms with Crippen LogP contribution in [0.3, 0.4) is 0 Å². The van der Waals surface area contributed by atoms with E-state index in [4.69, 9.17) is 10.2 Å². The monoisotopic (exact) mass is 324 g/mol. The largest absolute Gasteiger partial charge is 0.478 e. The van der Waals surface area contributed by atoms with Crippen LogP contribution in [0.15, 0.2) is 30.5 Å². The Balaban J connectivity index is 1.83. The van der Waals surface area contributed by atoms with Crippen molar-refractivity contribution in [2.45, 2.75) is 13.0 Å². The van der Waals surface area contributed by atoms with E-state index in [2.05, 4.69) is 15.6 Å². The van der Waals surface area contributed by atoms with Gasteiger partial charge in [-0.2, -0.15) is 5.10 Å². The van der Waals surface area contributed by atoms with Gasteiger partial charge in [0.15, 0.2) is 0 Å². The SMILES string of the molecule is Cn1cc(-c2nn(-c3ccc(C(=O)O)cc3)c3c2CNCC3)nn1. The second kappa shape index (κ2) is 5.57. The molecule has 24 heavy (non-hydrogen) atoms. The van der Waals surface area contributed by atoms with Gasteiger partial charge in [-0.1, -0.05) is 5.21 Å². The third-order valence-corrected chi connectivity index (χ3v) is 4.13. The lowest BCUT2D eigenvalue weighted by atomic mass is 10.1. The van der Waals surface area contributed by atoms with E-state index >= 15 is 0 Å². The Bertz CT molecular complexity index is 909. The number of nitrogens with one attached hydrogen (secondary N) is 1. The van der Waals surface area contributed by atoms with Crippen LogP contribution in [0.5, 0.6) is 0 Å². The molecule has 0 unspecified atom stereocenters. The third-order valence-electron chi connectivity index (χ3n) is 4.13. The van der Waals surface area contributed by atoms with Crippen molar-refractivity contribution in [3.8, 4) is 17.1 Å². The summed E-state index contributed by atoms with van der Waals surface area (Å²) in [6, 6.07) is 6.74. The molecule has 0 fully saturated rings. The van der Waals surface area contributed by atoms with E-state index in [9.17, 15) is 4.79 Å². The minimum absolute atomic E-state index is 0.260. The molecular weight excluding hydrogens is 308 g/mol. The summed E-state index contributed by atoms with van der Waals surface area (Å²) in [6.45, 7) is 1.61. The van der Waals surface area contributed by atoms with Gasteiger partial charge in [-0.3, -0.25) is 4.68 Å². The van der Waals surface area contributed by atoms with Crippen LogP contribution in [0.2, 0.25) is 0 Å². The van der Waals surface area contributed by atoms with Crippen molar-refractivity contribution in [3.63, 3.8) is 0 Å². The number of aromatic nitrogens is 5. The van der Waals surface area contributed by atoms with Crippen molar-refractivity contribution >= 4 is 5.97 Å². The highest BCUT2D eigenvalue weighted by molar-refractivity contribution is 5.87. The highest BCUT2D eigenvalue weighted by atomic mass is 16.4. The summed E-state index contributed by atoms with van der Waals surface area (Å²) < 4.78 is 3.53. The molecule has 1 aromatic carbocycles. The van der Waals surface area contributed by atoms with Gasteiger partial charge in [-0.25, -0.2) is 9.48 Å². The number of aromatic carboxylic acids is 1. The fourth-order valence-corrected chi connectivity index (χ4v) is 2.97. The van der Waals surface area contributed by atoms with Crippen molar-refractivity contribution in [2.75, 3.05) is 6.54 Å². The first-order valence-electron chi connectivity index (χ1n) is 7.65. The van der Waals surface area contributed by atoms with Crippen molar-refractivity contribution in [1.82, 2.24) is 30.1 Å². The van der Waals surface area contributed by atoms with Crippen LogP contribution in [0, 0.1) is 0 Å². The Kier molecular flexibility index (Phi) is 3.39. The molecule has 0 spiro atoms. The molecule has 1 aliphatic rings. The molecule has 1 aliphatic heterocycles. The third kappa shape index (κ3) is 2.37. The number of hydrogen-bond acceptors (Lipinski definition) is 5. The Morgan fingerprint density at radius 1 is 1.29 bits per heavy atom. The Labute approximate surface area is 137 Å². The van der Waals surface area contributed by atoms with Gasteiger partial charge in [0, 0.05) is 32.1 Å². The maximum Gasteiger partial charge on any atom is 0.335 e. The molecule has 122 valence electrons. The Morgan fingerprint density at radius 2 is 2.08 bits per heavy atom. The molecule has 0 saturated carbocycles. The molecule has 0 radical (unpaired) electrons. The number of carbonyl (C=O) groups is 1.